The molecule has 4 nitrogen and oxygen atoms in total. The molecule has 1 atom stereocenters. The van der Waals surface area contributed by atoms with Gasteiger partial charge in [0.2, 0.25) is 0 Å². The van der Waals surface area contributed by atoms with Crippen LogP contribution in [0.5, 0.6) is 0 Å². The van der Waals surface area contributed by atoms with Gasteiger partial charge in [0, 0.05) is 13.1 Å². The van der Waals surface area contributed by atoms with Gasteiger partial charge in [-0.2, -0.15) is 0 Å². The number of hydrogen-bond donors (Lipinski definition) is 1. The van der Waals surface area contributed by atoms with Crippen LogP contribution in [0.4, 0.5) is 4.79 Å². The number of hydrogen-bond acceptors (Lipinski definition) is 3. The predicted octanol–water partition coefficient (Wildman–Crippen LogP) is 2.63. The minimum atomic E-state index is -0.399. The van der Waals surface area contributed by atoms with Crippen LogP contribution in [0.3, 0.4) is 0 Å². The van der Waals surface area contributed by atoms with E-state index in [-0.39, 0.29) is 6.09 Å². The molecule has 2 fully saturated rings. The number of rotatable bonds is 0. The quantitative estimate of drug-likeness (QED) is 0.734. The minimum absolute atomic E-state index is 0.150. The van der Waals surface area contributed by atoms with Crippen molar-refractivity contribution in [1.29, 1.82) is 0 Å². The molecule has 1 N–H and O–H groups in total. The van der Waals surface area contributed by atoms with E-state index in [4.69, 9.17) is 4.74 Å². The van der Waals surface area contributed by atoms with Crippen LogP contribution in [0.25, 0.3) is 0 Å². The van der Waals surface area contributed by atoms with E-state index >= 15 is 0 Å². The molecule has 1 spiro atoms. The SMILES string of the molecule is CC1CN(C(=O)OC(C)(C)C)CCC12CCNCC2. The Hall–Kier alpha value is -0.770. The lowest BCUT2D eigenvalue weighted by molar-refractivity contribution is -0.0148. The molecule has 110 valence electrons. The molecule has 0 aromatic heterocycles. The zero-order valence-corrected chi connectivity index (χ0v) is 12.8. The Kier molecular flexibility index (Phi) is 4.09. The highest BCUT2D eigenvalue weighted by Crippen LogP contribution is 2.43. The van der Waals surface area contributed by atoms with Gasteiger partial charge in [-0.3, -0.25) is 0 Å². The van der Waals surface area contributed by atoms with Crippen molar-refractivity contribution in [3.05, 3.63) is 0 Å². The van der Waals surface area contributed by atoms with E-state index in [0.717, 1.165) is 32.6 Å². The number of carbonyl (C=O) groups excluding carboxylic acids is 1. The van der Waals surface area contributed by atoms with Gasteiger partial charge >= 0.3 is 6.09 Å². The molecule has 19 heavy (non-hydrogen) atoms. The zero-order valence-electron chi connectivity index (χ0n) is 12.8. The summed E-state index contributed by atoms with van der Waals surface area (Å²) >= 11 is 0. The summed E-state index contributed by atoms with van der Waals surface area (Å²) in [4.78, 5) is 14.0. The fourth-order valence-corrected chi connectivity index (χ4v) is 3.38. The molecule has 0 saturated carbocycles. The number of nitrogens with zero attached hydrogens (tertiary/aromatic N) is 1. The van der Waals surface area contributed by atoms with Gasteiger partial charge in [-0.15, -0.1) is 0 Å². The third-order valence-corrected chi connectivity index (χ3v) is 4.67. The van der Waals surface area contributed by atoms with Crippen molar-refractivity contribution in [1.82, 2.24) is 10.2 Å². The average Bonchev–Trinajstić information content (AvgIpc) is 2.32. The molecule has 1 unspecified atom stereocenters. The van der Waals surface area contributed by atoms with Gasteiger partial charge < -0.3 is 15.0 Å². The Morgan fingerprint density at radius 2 is 1.89 bits per heavy atom. The summed E-state index contributed by atoms with van der Waals surface area (Å²) in [6.45, 7) is 12.0. The summed E-state index contributed by atoms with van der Waals surface area (Å²) in [6, 6.07) is 0. The van der Waals surface area contributed by atoms with Crippen molar-refractivity contribution in [3.63, 3.8) is 0 Å². The summed E-state index contributed by atoms with van der Waals surface area (Å²) < 4.78 is 5.48. The molecular weight excluding hydrogens is 240 g/mol. The van der Waals surface area contributed by atoms with Crippen molar-refractivity contribution in [3.8, 4) is 0 Å². The number of piperidine rings is 2. The van der Waals surface area contributed by atoms with Gasteiger partial charge in [-0.1, -0.05) is 6.92 Å². The standard InChI is InChI=1S/C15H28N2O2/c1-12-11-17(13(18)19-14(2,3)4)10-7-15(12)5-8-16-9-6-15/h12,16H,5-11H2,1-4H3. The fourth-order valence-electron chi connectivity index (χ4n) is 3.38. The molecular formula is C15H28N2O2. The Balaban J connectivity index is 1.94. The number of amides is 1. The third-order valence-electron chi connectivity index (χ3n) is 4.67. The van der Waals surface area contributed by atoms with Crippen molar-refractivity contribution >= 4 is 6.09 Å². The van der Waals surface area contributed by atoms with Gasteiger partial charge in [0.15, 0.2) is 0 Å². The highest BCUT2D eigenvalue weighted by molar-refractivity contribution is 5.68. The molecule has 2 saturated heterocycles. The highest BCUT2D eigenvalue weighted by atomic mass is 16.6. The monoisotopic (exact) mass is 268 g/mol. The summed E-state index contributed by atoms with van der Waals surface area (Å²) in [5.74, 6) is 0.566. The van der Waals surface area contributed by atoms with Crippen LogP contribution < -0.4 is 5.32 Å². The van der Waals surface area contributed by atoms with Crippen LogP contribution >= 0.6 is 0 Å². The normalized spacial score (nSPS) is 27.4. The van der Waals surface area contributed by atoms with Gasteiger partial charge in [0.05, 0.1) is 0 Å². The maximum Gasteiger partial charge on any atom is 0.410 e. The van der Waals surface area contributed by atoms with E-state index in [1.165, 1.54) is 12.8 Å². The number of ether oxygens (including phenoxy) is 1. The Morgan fingerprint density at radius 3 is 2.42 bits per heavy atom. The van der Waals surface area contributed by atoms with E-state index in [9.17, 15) is 4.79 Å². The Morgan fingerprint density at radius 1 is 1.26 bits per heavy atom. The molecule has 0 aliphatic carbocycles. The van der Waals surface area contributed by atoms with Crippen molar-refractivity contribution in [2.75, 3.05) is 26.2 Å². The topological polar surface area (TPSA) is 41.6 Å². The number of carbonyl (C=O) groups is 1. The molecule has 2 aliphatic rings. The molecule has 2 heterocycles. The minimum Gasteiger partial charge on any atom is -0.444 e. The third kappa shape index (κ3) is 3.41. The van der Waals surface area contributed by atoms with Crippen LogP contribution in [0.2, 0.25) is 0 Å². The van der Waals surface area contributed by atoms with E-state index < -0.39 is 5.60 Å². The second-order valence-electron chi connectivity index (χ2n) is 7.19. The van der Waals surface area contributed by atoms with Gasteiger partial charge in [0.1, 0.15) is 5.60 Å². The predicted molar refractivity (Wildman–Crippen MR) is 76.1 cm³/mol. The first-order valence-corrected chi connectivity index (χ1v) is 7.51. The molecule has 0 bridgehead atoms. The van der Waals surface area contributed by atoms with E-state index in [1.807, 2.05) is 25.7 Å². The molecule has 0 aromatic carbocycles. The van der Waals surface area contributed by atoms with Crippen molar-refractivity contribution < 1.29 is 9.53 Å². The van der Waals surface area contributed by atoms with Gasteiger partial charge in [0.25, 0.3) is 0 Å². The first kappa shape index (κ1) is 14.6. The van der Waals surface area contributed by atoms with Gasteiger partial charge in [-0.05, 0) is 64.5 Å². The number of likely N-dealkylation sites (tertiary alicyclic amines) is 1. The molecule has 2 rings (SSSR count). The van der Waals surface area contributed by atoms with Gasteiger partial charge in [-0.25, -0.2) is 4.79 Å². The maximum absolute atomic E-state index is 12.1. The maximum atomic E-state index is 12.1. The summed E-state index contributed by atoms with van der Waals surface area (Å²) in [5, 5.41) is 3.44. The van der Waals surface area contributed by atoms with Crippen molar-refractivity contribution in [2.45, 2.75) is 52.6 Å². The average molecular weight is 268 g/mol. The molecule has 2 aliphatic heterocycles. The van der Waals surface area contributed by atoms with Crippen LogP contribution in [0, 0.1) is 11.3 Å². The van der Waals surface area contributed by atoms with Crippen LogP contribution in [-0.4, -0.2) is 42.8 Å². The second kappa shape index (κ2) is 5.31. The number of nitrogens with one attached hydrogen (secondary N) is 1. The largest absolute Gasteiger partial charge is 0.444 e. The van der Waals surface area contributed by atoms with E-state index in [1.54, 1.807) is 0 Å². The van der Waals surface area contributed by atoms with Crippen LogP contribution in [-0.2, 0) is 4.74 Å². The smallest absolute Gasteiger partial charge is 0.410 e. The lowest BCUT2D eigenvalue weighted by Gasteiger charge is -2.49. The second-order valence-corrected chi connectivity index (χ2v) is 7.19. The Bertz CT molecular complexity index is 330. The summed E-state index contributed by atoms with van der Waals surface area (Å²) in [6.07, 6.45) is 3.46. The summed E-state index contributed by atoms with van der Waals surface area (Å²) in [7, 11) is 0. The first-order valence-electron chi connectivity index (χ1n) is 7.51. The highest BCUT2D eigenvalue weighted by Gasteiger charge is 2.42. The van der Waals surface area contributed by atoms with Crippen LogP contribution in [0.1, 0.15) is 47.0 Å². The van der Waals surface area contributed by atoms with Crippen molar-refractivity contribution in [2.24, 2.45) is 11.3 Å². The first-order chi connectivity index (χ1) is 8.82. The Labute approximate surface area is 116 Å². The molecule has 0 radical (unpaired) electrons. The molecule has 4 heteroatoms. The van der Waals surface area contributed by atoms with E-state index in [2.05, 4.69) is 12.2 Å². The zero-order chi connectivity index (χ0) is 14.1. The van der Waals surface area contributed by atoms with E-state index in [0.29, 0.717) is 11.3 Å². The lowest BCUT2D eigenvalue weighted by atomic mass is 9.65. The molecule has 1 amide bonds. The fraction of sp³-hybridized carbons (Fsp3) is 0.933. The summed E-state index contributed by atoms with van der Waals surface area (Å²) in [5.41, 5.74) is 0.0496. The van der Waals surface area contributed by atoms with Crippen LogP contribution in [0.15, 0.2) is 0 Å². The molecule has 0 aromatic rings. The lowest BCUT2D eigenvalue weighted by Crippen LogP contribution is -2.52.